The molecular formula is C12H13O4S-. The van der Waals surface area contributed by atoms with Gasteiger partial charge < -0.3 is 9.29 Å². The highest BCUT2D eigenvalue weighted by atomic mass is 32.2. The molecule has 0 aliphatic carbocycles. The van der Waals surface area contributed by atoms with Crippen molar-refractivity contribution >= 4 is 17.0 Å². The molecule has 17 heavy (non-hydrogen) atoms. The van der Waals surface area contributed by atoms with E-state index in [9.17, 15) is 13.6 Å². The number of hydrogen-bond donors (Lipinski definition) is 0. The fraction of sp³-hybridized carbons (Fsp3) is 0.250. The van der Waals surface area contributed by atoms with Crippen molar-refractivity contribution in [2.45, 2.75) is 25.2 Å². The van der Waals surface area contributed by atoms with Crippen LogP contribution < -0.4 is 4.74 Å². The van der Waals surface area contributed by atoms with Gasteiger partial charge in [-0.15, -0.1) is 6.58 Å². The van der Waals surface area contributed by atoms with Gasteiger partial charge in [0.2, 0.25) is 0 Å². The zero-order chi connectivity index (χ0) is 13.0. The number of hydrogen-bond acceptors (Lipinski definition) is 4. The Morgan fingerprint density at radius 2 is 2.24 bits per heavy atom. The first-order valence-corrected chi connectivity index (χ1v) is 6.06. The van der Waals surface area contributed by atoms with E-state index in [2.05, 4.69) is 6.58 Å². The number of benzene rings is 1. The molecule has 0 aliphatic heterocycles. The van der Waals surface area contributed by atoms with Crippen molar-refractivity contribution in [3.8, 4) is 5.75 Å². The molecule has 0 aromatic heterocycles. The van der Waals surface area contributed by atoms with E-state index in [0.717, 1.165) is 0 Å². The van der Waals surface area contributed by atoms with Gasteiger partial charge in [0.1, 0.15) is 5.75 Å². The van der Waals surface area contributed by atoms with Crippen LogP contribution in [0.15, 0.2) is 29.7 Å². The minimum atomic E-state index is -2.31. The molecule has 0 spiro atoms. The average Bonchev–Trinajstić information content (AvgIpc) is 2.23. The summed E-state index contributed by atoms with van der Waals surface area (Å²) in [6.45, 7) is 6.59. The topological polar surface area (TPSA) is 66.4 Å². The van der Waals surface area contributed by atoms with E-state index in [1.54, 1.807) is 13.0 Å². The van der Waals surface area contributed by atoms with Crippen molar-refractivity contribution in [1.82, 2.24) is 0 Å². The molecule has 1 unspecified atom stereocenters. The summed E-state index contributed by atoms with van der Waals surface area (Å²) in [6.07, 6.45) is 2.01. The van der Waals surface area contributed by atoms with Gasteiger partial charge in [0.25, 0.3) is 0 Å². The average molecular weight is 253 g/mol. The molecule has 4 nitrogen and oxygen atoms in total. The molecule has 1 aromatic rings. The van der Waals surface area contributed by atoms with Crippen LogP contribution in [-0.2, 0) is 22.3 Å². The number of rotatable bonds is 4. The Hall–Kier alpha value is -1.46. The molecule has 0 heterocycles. The standard InChI is InChI=1S/C12H14O4S/c1-4-5-10-8(2)11(16-9(3)13)6-7-12(10)17(14)15/h4,6-7H,1,5H2,2-3H3,(H,14,15)/p-1. The Kier molecular flexibility index (Phi) is 4.60. The summed E-state index contributed by atoms with van der Waals surface area (Å²) in [7, 11) is 0. The van der Waals surface area contributed by atoms with E-state index in [4.69, 9.17) is 4.74 Å². The predicted octanol–water partition coefficient (Wildman–Crippen LogP) is 1.89. The number of allylic oxidation sites excluding steroid dienone is 1. The van der Waals surface area contributed by atoms with E-state index in [0.29, 0.717) is 23.3 Å². The number of esters is 1. The van der Waals surface area contributed by atoms with E-state index < -0.39 is 17.0 Å². The Bertz CT molecular complexity index is 480. The van der Waals surface area contributed by atoms with Crippen LogP contribution in [0.2, 0.25) is 0 Å². The summed E-state index contributed by atoms with van der Waals surface area (Å²) in [5, 5.41) is 0. The summed E-state index contributed by atoms with van der Waals surface area (Å²) >= 11 is -2.31. The van der Waals surface area contributed by atoms with E-state index >= 15 is 0 Å². The second-order valence-electron chi connectivity index (χ2n) is 3.49. The van der Waals surface area contributed by atoms with Crippen LogP contribution in [0.4, 0.5) is 0 Å². The van der Waals surface area contributed by atoms with Crippen molar-refractivity contribution in [2.75, 3.05) is 0 Å². The first-order valence-electron chi connectivity index (χ1n) is 4.98. The molecule has 0 amide bonds. The van der Waals surface area contributed by atoms with Gasteiger partial charge in [-0.1, -0.05) is 6.08 Å². The van der Waals surface area contributed by atoms with Gasteiger partial charge in [-0.2, -0.15) is 0 Å². The minimum absolute atomic E-state index is 0.207. The van der Waals surface area contributed by atoms with Crippen LogP contribution in [0.3, 0.4) is 0 Å². The normalized spacial score (nSPS) is 11.9. The van der Waals surface area contributed by atoms with Crippen molar-refractivity contribution in [2.24, 2.45) is 0 Å². The first kappa shape index (κ1) is 13.6. The molecular weight excluding hydrogens is 240 g/mol. The van der Waals surface area contributed by atoms with Gasteiger partial charge in [0.05, 0.1) is 0 Å². The summed E-state index contributed by atoms with van der Waals surface area (Å²) in [6, 6.07) is 2.90. The minimum Gasteiger partial charge on any atom is -0.768 e. The van der Waals surface area contributed by atoms with Crippen molar-refractivity contribution in [1.29, 1.82) is 0 Å². The van der Waals surface area contributed by atoms with E-state index in [-0.39, 0.29) is 4.90 Å². The molecule has 1 aromatic carbocycles. The second kappa shape index (κ2) is 5.75. The third-order valence-electron chi connectivity index (χ3n) is 2.29. The molecule has 1 rings (SSSR count). The van der Waals surface area contributed by atoms with Crippen LogP contribution >= 0.6 is 0 Å². The maximum absolute atomic E-state index is 11.0. The molecule has 0 saturated heterocycles. The van der Waals surface area contributed by atoms with Gasteiger partial charge in [0, 0.05) is 11.8 Å². The van der Waals surface area contributed by atoms with Gasteiger partial charge in [0.15, 0.2) is 0 Å². The van der Waals surface area contributed by atoms with Gasteiger partial charge in [-0.05, 0) is 47.7 Å². The van der Waals surface area contributed by atoms with E-state index in [1.807, 2.05) is 0 Å². The molecule has 0 aliphatic rings. The SMILES string of the molecule is C=CCc1c(S(=O)[O-])ccc(OC(C)=O)c1C. The summed E-state index contributed by atoms with van der Waals surface area (Å²) in [4.78, 5) is 11.1. The van der Waals surface area contributed by atoms with Crippen LogP contribution in [0.5, 0.6) is 5.75 Å². The summed E-state index contributed by atoms with van der Waals surface area (Å²) in [5.74, 6) is -0.0581. The Balaban J connectivity index is 3.31. The maximum Gasteiger partial charge on any atom is 0.308 e. The Morgan fingerprint density at radius 1 is 1.59 bits per heavy atom. The Morgan fingerprint density at radius 3 is 2.71 bits per heavy atom. The monoisotopic (exact) mass is 253 g/mol. The largest absolute Gasteiger partial charge is 0.768 e. The highest BCUT2D eigenvalue weighted by molar-refractivity contribution is 7.79. The fourth-order valence-corrected chi connectivity index (χ4v) is 2.15. The highest BCUT2D eigenvalue weighted by Gasteiger charge is 2.11. The number of carbonyl (C=O) groups is 1. The molecule has 0 bridgehead atoms. The van der Waals surface area contributed by atoms with Crippen LogP contribution in [0, 0.1) is 6.92 Å². The molecule has 0 radical (unpaired) electrons. The van der Waals surface area contributed by atoms with Crippen molar-refractivity contribution in [3.63, 3.8) is 0 Å². The molecule has 1 atom stereocenters. The zero-order valence-corrected chi connectivity index (χ0v) is 10.5. The fourth-order valence-electron chi connectivity index (χ4n) is 1.53. The van der Waals surface area contributed by atoms with Gasteiger partial charge in [-0.25, -0.2) is 0 Å². The first-order chi connectivity index (χ1) is 7.97. The number of carbonyl (C=O) groups excluding carboxylic acids is 1. The number of ether oxygens (including phenoxy) is 1. The zero-order valence-electron chi connectivity index (χ0n) is 9.69. The quantitative estimate of drug-likeness (QED) is 0.355. The third kappa shape index (κ3) is 3.25. The van der Waals surface area contributed by atoms with Gasteiger partial charge in [-0.3, -0.25) is 9.00 Å². The third-order valence-corrected chi connectivity index (χ3v) is 3.03. The second-order valence-corrected chi connectivity index (χ2v) is 4.40. The molecule has 0 fully saturated rings. The lowest BCUT2D eigenvalue weighted by Gasteiger charge is -2.16. The lowest BCUT2D eigenvalue weighted by molar-refractivity contribution is -0.131. The lowest BCUT2D eigenvalue weighted by Crippen LogP contribution is -2.06. The van der Waals surface area contributed by atoms with Gasteiger partial charge >= 0.3 is 5.97 Å². The predicted molar refractivity (Wildman–Crippen MR) is 63.6 cm³/mol. The lowest BCUT2D eigenvalue weighted by atomic mass is 10.0. The molecule has 92 valence electrons. The van der Waals surface area contributed by atoms with Crippen LogP contribution in [-0.4, -0.2) is 14.7 Å². The summed E-state index contributed by atoms with van der Waals surface area (Å²) < 4.78 is 27.1. The van der Waals surface area contributed by atoms with Crippen LogP contribution in [0.25, 0.3) is 0 Å². The highest BCUT2D eigenvalue weighted by Crippen LogP contribution is 2.27. The molecule has 0 N–H and O–H groups in total. The van der Waals surface area contributed by atoms with Crippen molar-refractivity contribution < 1.29 is 18.3 Å². The van der Waals surface area contributed by atoms with Crippen LogP contribution in [0.1, 0.15) is 18.1 Å². The van der Waals surface area contributed by atoms with E-state index in [1.165, 1.54) is 19.1 Å². The van der Waals surface area contributed by atoms with Crippen molar-refractivity contribution in [3.05, 3.63) is 35.9 Å². The smallest absolute Gasteiger partial charge is 0.308 e. The molecule has 5 heteroatoms. The Labute approximate surface area is 103 Å². The molecule has 0 saturated carbocycles. The maximum atomic E-state index is 11.0. The summed E-state index contributed by atoms with van der Waals surface area (Å²) in [5.41, 5.74) is 1.24.